The minimum Gasteiger partial charge on any atom is -0.381 e. The Labute approximate surface area is 162 Å². The number of nitrogens with one attached hydrogen (secondary N) is 1. The fraction of sp³-hybridized carbons (Fsp3) is 0.400. The van der Waals surface area contributed by atoms with Crippen LogP contribution in [0.2, 0.25) is 0 Å². The average Bonchev–Trinajstić information content (AvgIpc) is 3.23. The summed E-state index contributed by atoms with van der Waals surface area (Å²) in [6.45, 7) is 4.96. The number of imidazole rings is 1. The predicted molar refractivity (Wildman–Crippen MR) is 107 cm³/mol. The Hall–Kier alpha value is -3.00. The number of rotatable bonds is 5. The van der Waals surface area contributed by atoms with Crippen molar-refractivity contribution in [1.82, 2.24) is 29.1 Å². The summed E-state index contributed by atoms with van der Waals surface area (Å²) in [5, 5.41) is 7.98. The van der Waals surface area contributed by atoms with E-state index in [2.05, 4.69) is 31.9 Å². The molecule has 28 heavy (non-hydrogen) atoms. The normalized spacial score (nSPS) is 19.2. The minimum absolute atomic E-state index is 0.348. The number of aromatic nitrogens is 6. The third kappa shape index (κ3) is 2.72. The molecule has 0 spiro atoms. The van der Waals surface area contributed by atoms with Crippen molar-refractivity contribution < 1.29 is 4.74 Å². The highest BCUT2D eigenvalue weighted by molar-refractivity contribution is 5.82. The summed E-state index contributed by atoms with van der Waals surface area (Å²) in [6, 6.07) is 6.44. The first-order valence-electron chi connectivity index (χ1n) is 9.64. The molecule has 1 aliphatic carbocycles. The third-order valence-corrected chi connectivity index (χ3v) is 5.55. The molecule has 4 heterocycles. The predicted octanol–water partition coefficient (Wildman–Crippen LogP) is 3.06. The molecule has 1 aliphatic rings. The monoisotopic (exact) mass is 377 g/mol. The fourth-order valence-corrected chi connectivity index (χ4v) is 3.88. The first-order chi connectivity index (χ1) is 13.7. The molecule has 0 atom stereocenters. The highest BCUT2D eigenvalue weighted by Crippen LogP contribution is 2.28. The van der Waals surface area contributed by atoms with E-state index in [1.165, 1.54) is 0 Å². The maximum absolute atomic E-state index is 5.33. The number of ether oxygens (including phenoxy) is 1. The average molecular weight is 377 g/mol. The number of pyridine rings is 1. The van der Waals surface area contributed by atoms with E-state index in [-0.39, 0.29) is 0 Å². The molecule has 4 aromatic rings. The molecule has 0 bridgehead atoms. The Morgan fingerprint density at radius 1 is 1.21 bits per heavy atom. The van der Waals surface area contributed by atoms with Gasteiger partial charge in [-0.15, -0.1) is 5.10 Å². The smallest absolute Gasteiger partial charge is 0.241 e. The van der Waals surface area contributed by atoms with Crippen LogP contribution in [0, 0.1) is 6.92 Å². The van der Waals surface area contributed by atoms with Gasteiger partial charge in [-0.05, 0) is 44.9 Å². The Bertz CT molecular complexity index is 1160. The van der Waals surface area contributed by atoms with Gasteiger partial charge in [0.2, 0.25) is 5.95 Å². The van der Waals surface area contributed by atoms with Gasteiger partial charge in [0.05, 0.1) is 23.5 Å². The van der Waals surface area contributed by atoms with Gasteiger partial charge in [0, 0.05) is 31.5 Å². The lowest BCUT2D eigenvalue weighted by atomic mass is 9.89. The number of nitrogens with zero attached hydrogens (tertiary/aromatic N) is 6. The lowest BCUT2D eigenvalue weighted by molar-refractivity contribution is 0.0326. The molecule has 0 aliphatic heterocycles. The molecule has 0 amide bonds. The lowest BCUT2D eigenvalue weighted by Crippen LogP contribution is -2.40. The van der Waals surface area contributed by atoms with Crippen LogP contribution in [-0.4, -0.2) is 48.4 Å². The van der Waals surface area contributed by atoms with E-state index >= 15 is 0 Å². The van der Waals surface area contributed by atoms with Crippen molar-refractivity contribution in [3.8, 4) is 11.3 Å². The summed E-state index contributed by atoms with van der Waals surface area (Å²) in [5.74, 6) is 1.62. The van der Waals surface area contributed by atoms with Crippen LogP contribution < -0.4 is 5.32 Å². The van der Waals surface area contributed by atoms with Crippen molar-refractivity contribution in [3.63, 3.8) is 0 Å². The second-order valence-electron chi connectivity index (χ2n) is 7.25. The van der Waals surface area contributed by atoms with Gasteiger partial charge >= 0.3 is 0 Å². The summed E-state index contributed by atoms with van der Waals surface area (Å²) in [5.41, 5.74) is 4.67. The molecule has 8 heteroatoms. The summed E-state index contributed by atoms with van der Waals surface area (Å²) < 4.78 is 9.31. The van der Waals surface area contributed by atoms with Crippen LogP contribution in [0.3, 0.4) is 0 Å². The molecule has 1 N–H and O–H groups in total. The Morgan fingerprint density at radius 3 is 2.86 bits per heavy atom. The maximum atomic E-state index is 5.33. The van der Waals surface area contributed by atoms with Gasteiger partial charge in [-0.1, -0.05) is 0 Å². The van der Waals surface area contributed by atoms with Crippen molar-refractivity contribution >= 4 is 22.6 Å². The molecule has 1 fully saturated rings. The number of anilines is 1. The summed E-state index contributed by atoms with van der Waals surface area (Å²) in [7, 11) is 1.75. The Kier molecular flexibility index (Phi) is 4.01. The molecule has 4 aromatic heterocycles. The largest absolute Gasteiger partial charge is 0.381 e. The van der Waals surface area contributed by atoms with E-state index in [0.717, 1.165) is 53.1 Å². The van der Waals surface area contributed by atoms with Gasteiger partial charge in [0.15, 0.2) is 5.65 Å². The van der Waals surface area contributed by atoms with Gasteiger partial charge in [0.1, 0.15) is 11.3 Å². The van der Waals surface area contributed by atoms with Crippen LogP contribution in [-0.2, 0) is 11.3 Å². The zero-order chi connectivity index (χ0) is 19.3. The summed E-state index contributed by atoms with van der Waals surface area (Å²) in [4.78, 5) is 14.0. The van der Waals surface area contributed by atoms with Crippen molar-refractivity contribution in [3.05, 3.63) is 36.4 Å². The summed E-state index contributed by atoms with van der Waals surface area (Å²) >= 11 is 0. The number of fused-ring (bicyclic) bond motifs is 2. The van der Waals surface area contributed by atoms with Crippen molar-refractivity contribution in [2.45, 2.75) is 45.4 Å². The summed E-state index contributed by atoms with van der Waals surface area (Å²) in [6.07, 6.45) is 6.13. The van der Waals surface area contributed by atoms with E-state index in [1.54, 1.807) is 7.11 Å². The van der Waals surface area contributed by atoms with Crippen LogP contribution in [0.5, 0.6) is 0 Å². The van der Waals surface area contributed by atoms with Crippen LogP contribution in [0.4, 0.5) is 5.95 Å². The van der Waals surface area contributed by atoms with E-state index in [9.17, 15) is 0 Å². The van der Waals surface area contributed by atoms with Gasteiger partial charge in [-0.2, -0.15) is 0 Å². The molecule has 0 radical (unpaired) electrons. The first-order valence-corrected chi connectivity index (χ1v) is 9.64. The molecule has 8 nitrogen and oxygen atoms in total. The van der Waals surface area contributed by atoms with Gasteiger partial charge in [-0.3, -0.25) is 0 Å². The number of hydrogen-bond acceptors (Lipinski definition) is 6. The fourth-order valence-electron chi connectivity index (χ4n) is 3.88. The Balaban J connectivity index is 1.47. The molecule has 1 saturated carbocycles. The van der Waals surface area contributed by atoms with Gasteiger partial charge in [0.25, 0.3) is 0 Å². The lowest BCUT2D eigenvalue weighted by Gasteiger charge is -2.34. The molecule has 0 unspecified atom stereocenters. The highest BCUT2D eigenvalue weighted by atomic mass is 16.5. The van der Waals surface area contributed by atoms with Gasteiger partial charge < -0.3 is 14.6 Å². The topological polar surface area (TPSA) is 82.2 Å². The second kappa shape index (κ2) is 6.56. The zero-order valence-electron chi connectivity index (χ0n) is 16.3. The van der Waals surface area contributed by atoms with Crippen molar-refractivity contribution in [1.29, 1.82) is 0 Å². The molecule has 0 saturated heterocycles. The van der Waals surface area contributed by atoms with E-state index in [4.69, 9.17) is 9.72 Å². The quantitative estimate of drug-likeness (QED) is 0.576. The number of aryl methyl sites for hydroxylation is 2. The standard InChI is InChI=1S/C20H23N7O/c1-4-26-12(2)22-17-6-5-16(24-19(17)26)15-7-8-27-18(15)11-21-20(25-27)23-13-9-14(10-13)28-3/h5-8,11,13-14H,4,9-10H2,1-3H3,(H,23,25)/t13-,14+. The van der Waals surface area contributed by atoms with E-state index < -0.39 is 0 Å². The molecule has 144 valence electrons. The number of hydrogen-bond donors (Lipinski definition) is 1. The molecule has 0 aromatic carbocycles. The maximum Gasteiger partial charge on any atom is 0.241 e. The first kappa shape index (κ1) is 17.1. The van der Waals surface area contributed by atoms with Crippen LogP contribution in [0.15, 0.2) is 30.6 Å². The van der Waals surface area contributed by atoms with Crippen LogP contribution in [0.1, 0.15) is 25.6 Å². The van der Waals surface area contributed by atoms with Crippen molar-refractivity contribution in [2.24, 2.45) is 0 Å². The highest BCUT2D eigenvalue weighted by Gasteiger charge is 2.29. The minimum atomic E-state index is 0.348. The number of methoxy groups -OCH3 is 1. The molecular formula is C20H23N7O. The van der Waals surface area contributed by atoms with Crippen LogP contribution >= 0.6 is 0 Å². The van der Waals surface area contributed by atoms with Crippen molar-refractivity contribution in [2.75, 3.05) is 12.4 Å². The second-order valence-corrected chi connectivity index (χ2v) is 7.25. The zero-order valence-corrected chi connectivity index (χ0v) is 16.3. The molecular weight excluding hydrogens is 354 g/mol. The third-order valence-electron chi connectivity index (χ3n) is 5.55. The van der Waals surface area contributed by atoms with E-state index in [1.807, 2.05) is 42.0 Å². The SMILES string of the molecule is CCn1c(C)nc2ccc(-c3ccn4nc(N[C@H]5C[C@@H](OC)C5)ncc34)nc21. The Morgan fingerprint density at radius 2 is 2.07 bits per heavy atom. The molecule has 5 rings (SSSR count). The van der Waals surface area contributed by atoms with E-state index in [0.29, 0.717) is 18.1 Å². The van der Waals surface area contributed by atoms with Gasteiger partial charge in [-0.25, -0.2) is 19.5 Å². The van der Waals surface area contributed by atoms with Crippen LogP contribution in [0.25, 0.3) is 27.9 Å².